The van der Waals surface area contributed by atoms with Gasteiger partial charge >= 0.3 is 11.9 Å². The van der Waals surface area contributed by atoms with Gasteiger partial charge in [-0.15, -0.1) is 0 Å². The molecule has 1 fully saturated rings. The Bertz CT molecular complexity index is 997. The first kappa shape index (κ1) is 20.3. The first-order chi connectivity index (χ1) is 13.8. The lowest BCUT2D eigenvalue weighted by Crippen LogP contribution is -2.37. The number of aryl methyl sites for hydroxylation is 1. The Morgan fingerprint density at radius 2 is 1.97 bits per heavy atom. The molecule has 1 aliphatic rings. The maximum absolute atomic E-state index is 13.9. The van der Waals surface area contributed by atoms with Gasteiger partial charge in [-0.25, -0.2) is 18.4 Å². The molecule has 0 saturated carbocycles. The molecular weight excluding hydrogens is 382 g/mol. The van der Waals surface area contributed by atoms with Crippen LogP contribution in [0.4, 0.5) is 14.6 Å². The van der Waals surface area contributed by atoms with Crippen LogP contribution in [0.3, 0.4) is 0 Å². The molecule has 1 aromatic carbocycles. The number of hydrogen-bond acceptors (Lipinski definition) is 6. The first-order valence-electron chi connectivity index (χ1n) is 8.78. The molecule has 1 aromatic heterocycles. The van der Waals surface area contributed by atoms with Crippen molar-refractivity contribution in [1.82, 2.24) is 4.98 Å². The van der Waals surface area contributed by atoms with E-state index in [0.717, 1.165) is 17.6 Å². The first-order valence-corrected chi connectivity index (χ1v) is 8.78. The third-order valence-corrected chi connectivity index (χ3v) is 4.39. The highest BCUT2D eigenvalue weighted by atomic mass is 19.3. The fraction of sp³-hybridized carbons (Fsp3) is 0.286. The maximum atomic E-state index is 13.9. The number of aromatic nitrogens is 1. The summed E-state index contributed by atoms with van der Waals surface area (Å²) >= 11 is 0. The average molecular weight is 400 g/mol. The molecule has 1 atom stereocenters. The van der Waals surface area contributed by atoms with Crippen molar-refractivity contribution in [3.05, 3.63) is 53.6 Å². The fourth-order valence-electron chi connectivity index (χ4n) is 2.98. The van der Waals surface area contributed by atoms with Crippen molar-refractivity contribution in [3.63, 3.8) is 0 Å². The molecule has 3 rings (SSSR count). The van der Waals surface area contributed by atoms with E-state index in [1.54, 1.807) is 12.1 Å². The van der Waals surface area contributed by atoms with Crippen LogP contribution in [-0.2, 0) is 14.3 Å². The molecule has 6 nitrogen and oxygen atoms in total. The summed E-state index contributed by atoms with van der Waals surface area (Å²) in [6.07, 6.45) is -0.673. The summed E-state index contributed by atoms with van der Waals surface area (Å²) in [4.78, 5) is 29.1. The lowest BCUT2D eigenvalue weighted by molar-refractivity contribution is -0.142. The van der Waals surface area contributed by atoms with Crippen LogP contribution in [0.1, 0.15) is 17.5 Å². The molecule has 0 aliphatic carbocycles. The highest BCUT2D eigenvalue weighted by Crippen LogP contribution is 2.35. The van der Waals surface area contributed by atoms with Crippen LogP contribution in [0.15, 0.2) is 42.5 Å². The van der Waals surface area contributed by atoms with Crippen molar-refractivity contribution in [3.8, 4) is 17.7 Å². The predicted octanol–water partition coefficient (Wildman–Crippen LogP) is 2.73. The van der Waals surface area contributed by atoms with E-state index >= 15 is 0 Å². The second-order valence-electron chi connectivity index (χ2n) is 6.52. The van der Waals surface area contributed by atoms with Crippen LogP contribution >= 0.6 is 0 Å². The minimum atomic E-state index is -3.06. The topological polar surface area (TPSA) is 68.7 Å². The average Bonchev–Trinajstić information content (AvgIpc) is 3.02. The van der Waals surface area contributed by atoms with E-state index in [9.17, 15) is 18.4 Å². The third-order valence-electron chi connectivity index (χ3n) is 4.39. The van der Waals surface area contributed by atoms with E-state index in [4.69, 9.17) is 4.74 Å². The number of hydrogen-bond donors (Lipinski definition) is 0. The highest BCUT2D eigenvalue weighted by molar-refractivity contribution is 5.90. The molecule has 150 valence electrons. The number of esters is 2. The van der Waals surface area contributed by atoms with Gasteiger partial charge in [0.1, 0.15) is 11.9 Å². The van der Waals surface area contributed by atoms with Crippen LogP contribution in [-0.4, -0.2) is 42.5 Å². The number of ether oxygens (including phenoxy) is 2. The second kappa shape index (κ2) is 8.27. The third kappa shape index (κ3) is 4.88. The normalized spacial score (nSPS) is 17.2. The van der Waals surface area contributed by atoms with E-state index in [-0.39, 0.29) is 11.7 Å². The molecule has 0 bridgehead atoms. The van der Waals surface area contributed by atoms with Crippen molar-refractivity contribution in [1.29, 1.82) is 0 Å². The number of benzene rings is 1. The molecule has 0 unspecified atom stereocenters. The minimum Gasteiger partial charge on any atom is -0.467 e. The summed E-state index contributed by atoms with van der Waals surface area (Å²) in [6, 6.07) is 10.5. The number of nitrogens with zero attached hydrogens (tertiary/aromatic N) is 2. The summed E-state index contributed by atoms with van der Waals surface area (Å²) in [6.45, 7) is 1.17. The quantitative estimate of drug-likeness (QED) is 0.583. The maximum Gasteiger partial charge on any atom is 0.391 e. The predicted molar refractivity (Wildman–Crippen MR) is 101 cm³/mol. The molecular formula is C21H18F2N2O4. The number of methoxy groups -OCH3 is 1. The molecule has 1 aliphatic heterocycles. The molecule has 29 heavy (non-hydrogen) atoms. The number of carbonyl (C=O) groups is 2. The van der Waals surface area contributed by atoms with E-state index < -0.39 is 36.9 Å². The van der Waals surface area contributed by atoms with Gasteiger partial charge in [-0.1, -0.05) is 30.2 Å². The lowest BCUT2D eigenvalue weighted by atomic mass is 10.1. The summed E-state index contributed by atoms with van der Waals surface area (Å²) in [7, 11) is 1.13. The number of carbonyl (C=O) groups excluding carboxylic acids is 2. The van der Waals surface area contributed by atoms with Crippen molar-refractivity contribution < 1.29 is 27.8 Å². The number of halogens is 2. The molecule has 1 saturated heterocycles. The van der Waals surface area contributed by atoms with E-state index in [2.05, 4.69) is 21.6 Å². The second-order valence-corrected chi connectivity index (χ2v) is 6.52. The zero-order chi connectivity index (χ0) is 21.0. The minimum absolute atomic E-state index is 0.0785. The van der Waals surface area contributed by atoms with Crippen LogP contribution in [0.25, 0.3) is 0 Å². The molecule has 0 amide bonds. The smallest absolute Gasteiger partial charge is 0.391 e. The SMILES string of the molecule is COC(=O)[C@@H]1CC(F)(F)CN1c1cccc(OC(=O)C#Cc2ccccc2C)n1. The largest absolute Gasteiger partial charge is 0.467 e. The molecule has 0 spiro atoms. The summed E-state index contributed by atoms with van der Waals surface area (Å²) in [5.41, 5.74) is 1.60. The van der Waals surface area contributed by atoms with Crippen LogP contribution in [0, 0.1) is 18.8 Å². The summed E-state index contributed by atoms with van der Waals surface area (Å²) in [5, 5.41) is 0. The number of pyridine rings is 1. The van der Waals surface area contributed by atoms with Gasteiger partial charge in [-0.3, -0.25) is 0 Å². The van der Waals surface area contributed by atoms with Crippen molar-refractivity contribution >= 4 is 17.8 Å². The number of anilines is 1. The van der Waals surface area contributed by atoms with Crippen LogP contribution < -0.4 is 9.64 Å². The molecule has 0 N–H and O–H groups in total. The molecule has 8 heteroatoms. The van der Waals surface area contributed by atoms with E-state index in [1.807, 2.05) is 19.1 Å². The Morgan fingerprint density at radius 3 is 2.69 bits per heavy atom. The zero-order valence-electron chi connectivity index (χ0n) is 15.8. The summed E-state index contributed by atoms with van der Waals surface area (Å²) < 4.78 is 37.4. The van der Waals surface area contributed by atoms with Crippen molar-refractivity contribution in [2.75, 3.05) is 18.6 Å². The van der Waals surface area contributed by atoms with Crippen molar-refractivity contribution in [2.45, 2.75) is 25.3 Å². The van der Waals surface area contributed by atoms with Crippen molar-refractivity contribution in [2.24, 2.45) is 0 Å². The lowest BCUT2D eigenvalue weighted by Gasteiger charge is -2.23. The Hall–Kier alpha value is -3.47. The standard InChI is InChI=1S/C21H18F2N2O4/c1-14-6-3-4-7-15(14)10-11-19(26)29-18-9-5-8-17(24-18)25-13-21(22,23)12-16(25)20(27)28-2/h3-9,16H,12-13H2,1-2H3/t16-/m0/s1. The molecule has 2 aromatic rings. The molecule has 0 radical (unpaired) electrons. The van der Waals surface area contributed by atoms with Gasteiger partial charge < -0.3 is 14.4 Å². The van der Waals surface area contributed by atoms with Gasteiger partial charge in [-0.05, 0) is 24.6 Å². The Labute approximate surface area is 166 Å². The fourth-order valence-corrected chi connectivity index (χ4v) is 2.98. The van der Waals surface area contributed by atoms with E-state index in [0.29, 0.717) is 5.56 Å². The number of alkyl halides is 2. The van der Waals surface area contributed by atoms with E-state index in [1.165, 1.54) is 18.2 Å². The monoisotopic (exact) mass is 400 g/mol. The van der Waals surface area contributed by atoms with Gasteiger partial charge in [0, 0.05) is 24.0 Å². The molecule has 2 heterocycles. The number of rotatable bonds is 3. The van der Waals surface area contributed by atoms with Crippen LogP contribution in [0.2, 0.25) is 0 Å². The Kier molecular flexibility index (Phi) is 5.78. The van der Waals surface area contributed by atoms with Gasteiger partial charge in [0.25, 0.3) is 5.92 Å². The van der Waals surface area contributed by atoms with Gasteiger partial charge in [0.15, 0.2) is 0 Å². The highest BCUT2D eigenvalue weighted by Gasteiger charge is 2.49. The zero-order valence-corrected chi connectivity index (χ0v) is 15.8. The summed E-state index contributed by atoms with van der Waals surface area (Å²) in [5.74, 6) is 0.376. The Balaban J connectivity index is 1.77. The van der Waals surface area contributed by atoms with Crippen LogP contribution in [0.5, 0.6) is 5.88 Å². The Morgan fingerprint density at radius 1 is 1.21 bits per heavy atom. The van der Waals surface area contributed by atoms with Gasteiger partial charge in [0.2, 0.25) is 5.88 Å². The van der Waals surface area contributed by atoms with Gasteiger partial charge in [-0.2, -0.15) is 4.98 Å². The van der Waals surface area contributed by atoms with Gasteiger partial charge in [0.05, 0.1) is 13.7 Å².